The number of ether oxygens (including phenoxy) is 1. The summed E-state index contributed by atoms with van der Waals surface area (Å²) in [6.07, 6.45) is 2.27. The van der Waals surface area contributed by atoms with E-state index in [9.17, 15) is 0 Å². The normalized spacial score (nSPS) is 19.5. The zero-order chi connectivity index (χ0) is 8.55. The van der Waals surface area contributed by atoms with E-state index in [2.05, 4.69) is 10.2 Å². The second-order valence-corrected chi connectivity index (χ2v) is 3.13. The molecule has 1 aliphatic rings. The van der Waals surface area contributed by atoms with Gasteiger partial charge >= 0.3 is 0 Å². The third-order valence-electron chi connectivity index (χ3n) is 2.08. The van der Waals surface area contributed by atoms with Crippen LogP contribution < -0.4 is 0 Å². The molecule has 0 saturated heterocycles. The van der Waals surface area contributed by atoms with Crippen molar-refractivity contribution in [3.05, 3.63) is 11.8 Å². The average Bonchev–Trinajstić information content (AvgIpc) is 2.83. The van der Waals surface area contributed by atoms with Crippen LogP contribution in [0.4, 0.5) is 0 Å². The van der Waals surface area contributed by atoms with Crippen LogP contribution >= 0.6 is 0 Å². The van der Waals surface area contributed by atoms with E-state index in [0.717, 1.165) is 5.89 Å². The fourth-order valence-electron chi connectivity index (χ4n) is 1.01. The molecule has 1 atom stereocenters. The zero-order valence-electron chi connectivity index (χ0n) is 7.28. The molecule has 0 radical (unpaired) electrons. The molecule has 0 aromatic carbocycles. The third-order valence-corrected chi connectivity index (χ3v) is 2.08. The lowest BCUT2D eigenvalue weighted by Gasteiger charge is -2.01. The second kappa shape index (κ2) is 2.86. The molecule has 1 aromatic heterocycles. The number of methoxy groups -OCH3 is 1. The lowest BCUT2D eigenvalue weighted by atomic mass is 10.4. The zero-order valence-corrected chi connectivity index (χ0v) is 7.28. The quantitative estimate of drug-likeness (QED) is 0.688. The van der Waals surface area contributed by atoms with Crippen molar-refractivity contribution >= 4 is 0 Å². The van der Waals surface area contributed by atoms with Crippen molar-refractivity contribution in [3.8, 4) is 0 Å². The Hall–Kier alpha value is -0.900. The molecule has 0 amide bonds. The summed E-state index contributed by atoms with van der Waals surface area (Å²) in [6, 6.07) is 0. The monoisotopic (exact) mass is 168 g/mol. The van der Waals surface area contributed by atoms with Crippen LogP contribution in [0.25, 0.3) is 0 Å². The van der Waals surface area contributed by atoms with Gasteiger partial charge in [0, 0.05) is 13.0 Å². The van der Waals surface area contributed by atoms with Crippen LogP contribution in [-0.4, -0.2) is 17.3 Å². The summed E-state index contributed by atoms with van der Waals surface area (Å²) in [4.78, 5) is 0. The molecule has 0 spiro atoms. The highest BCUT2D eigenvalue weighted by Gasteiger charge is 2.29. The minimum atomic E-state index is -0.0926. The highest BCUT2D eigenvalue weighted by atomic mass is 16.5. The topological polar surface area (TPSA) is 48.2 Å². The van der Waals surface area contributed by atoms with Gasteiger partial charge in [0.1, 0.15) is 6.10 Å². The molecule has 4 nitrogen and oxygen atoms in total. The summed E-state index contributed by atoms with van der Waals surface area (Å²) in [6.45, 7) is 1.89. The van der Waals surface area contributed by atoms with Gasteiger partial charge in [-0.1, -0.05) is 0 Å². The van der Waals surface area contributed by atoms with E-state index in [1.165, 1.54) is 12.8 Å². The first-order valence-electron chi connectivity index (χ1n) is 4.17. The van der Waals surface area contributed by atoms with Crippen LogP contribution in [0.2, 0.25) is 0 Å². The molecule has 4 heteroatoms. The van der Waals surface area contributed by atoms with Gasteiger partial charge in [-0.25, -0.2) is 0 Å². The predicted octanol–water partition coefficient (Wildman–Crippen LogP) is 1.65. The molecule has 2 rings (SSSR count). The first-order valence-corrected chi connectivity index (χ1v) is 4.17. The van der Waals surface area contributed by atoms with Crippen molar-refractivity contribution < 1.29 is 9.15 Å². The molecular weight excluding hydrogens is 156 g/mol. The Labute approximate surface area is 70.9 Å². The van der Waals surface area contributed by atoms with E-state index in [1.54, 1.807) is 7.11 Å². The first kappa shape index (κ1) is 7.73. The van der Waals surface area contributed by atoms with Crippen molar-refractivity contribution in [2.24, 2.45) is 0 Å². The Morgan fingerprint density at radius 2 is 2.25 bits per heavy atom. The van der Waals surface area contributed by atoms with E-state index >= 15 is 0 Å². The van der Waals surface area contributed by atoms with Crippen molar-refractivity contribution in [1.82, 2.24) is 10.2 Å². The third kappa shape index (κ3) is 1.34. The molecule has 66 valence electrons. The average molecular weight is 168 g/mol. The number of hydrogen-bond acceptors (Lipinski definition) is 4. The Morgan fingerprint density at radius 3 is 2.83 bits per heavy atom. The number of nitrogens with zero attached hydrogens (tertiary/aromatic N) is 2. The molecule has 0 N–H and O–H groups in total. The predicted molar refractivity (Wildman–Crippen MR) is 41.7 cm³/mol. The van der Waals surface area contributed by atoms with Gasteiger partial charge < -0.3 is 9.15 Å². The number of hydrogen-bond donors (Lipinski definition) is 0. The van der Waals surface area contributed by atoms with Crippen LogP contribution in [0, 0.1) is 0 Å². The van der Waals surface area contributed by atoms with Gasteiger partial charge in [-0.2, -0.15) is 0 Å². The maximum atomic E-state index is 5.41. The summed E-state index contributed by atoms with van der Waals surface area (Å²) >= 11 is 0. The second-order valence-electron chi connectivity index (χ2n) is 3.13. The first-order chi connectivity index (χ1) is 5.81. The van der Waals surface area contributed by atoms with Gasteiger partial charge in [0.15, 0.2) is 0 Å². The minimum absolute atomic E-state index is 0.0926. The minimum Gasteiger partial charge on any atom is -0.422 e. The van der Waals surface area contributed by atoms with Crippen molar-refractivity contribution in [2.75, 3.05) is 7.11 Å². The summed E-state index contributed by atoms with van der Waals surface area (Å²) in [5.41, 5.74) is 0. The van der Waals surface area contributed by atoms with E-state index in [1.807, 2.05) is 6.92 Å². The molecule has 1 aromatic rings. The molecule has 0 unspecified atom stereocenters. The van der Waals surface area contributed by atoms with Crippen molar-refractivity contribution in [2.45, 2.75) is 31.8 Å². The van der Waals surface area contributed by atoms with Crippen LogP contribution in [0.5, 0.6) is 0 Å². The number of rotatable bonds is 3. The molecular formula is C8H12N2O2. The van der Waals surface area contributed by atoms with Crippen molar-refractivity contribution in [1.29, 1.82) is 0 Å². The Bertz CT molecular complexity index is 268. The summed E-state index contributed by atoms with van der Waals surface area (Å²) in [5, 5.41) is 7.86. The molecule has 0 aliphatic heterocycles. The van der Waals surface area contributed by atoms with E-state index in [-0.39, 0.29) is 6.10 Å². The molecule has 12 heavy (non-hydrogen) atoms. The van der Waals surface area contributed by atoms with Gasteiger partial charge in [0.25, 0.3) is 0 Å². The Balaban J connectivity index is 2.12. The van der Waals surface area contributed by atoms with Gasteiger partial charge in [0.2, 0.25) is 11.8 Å². The van der Waals surface area contributed by atoms with E-state index in [4.69, 9.17) is 9.15 Å². The molecule has 1 heterocycles. The van der Waals surface area contributed by atoms with E-state index < -0.39 is 0 Å². The van der Waals surface area contributed by atoms with Gasteiger partial charge in [-0.05, 0) is 19.8 Å². The van der Waals surface area contributed by atoms with Crippen LogP contribution in [0.3, 0.4) is 0 Å². The van der Waals surface area contributed by atoms with Crippen LogP contribution in [-0.2, 0) is 4.74 Å². The maximum Gasteiger partial charge on any atom is 0.244 e. The fraction of sp³-hybridized carbons (Fsp3) is 0.750. The molecule has 1 saturated carbocycles. The number of aromatic nitrogens is 2. The van der Waals surface area contributed by atoms with Gasteiger partial charge in [-0.3, -0.25) is 0 Å². The standard InChI is InChI=1S/C8H12N2O2/c1-5(11-2)7-9-10-8(12-7)6-3-4-6/h5-6H,3-4H2,1-2H3/t5-/m0/s1. The Morgan fingerprint density at radius 1 is 1.50 bits per heavy atom. The van der Waals surface area contributed by atoms with Gasteiger partial charge in [-0.15, -0.1) is 10.2 Å². The van der Waals surface area contributed by atoms with Crippen LogP contribution in [0.15, 0.2) is 4.42 Å². The summed E-state index contributed by atoms with van der Waals surface area (Å²) in [5.74, 6) is 1.88. The molecule has 1 aliphatic carbocycles. The molecule has 1 fully saturated rings. The van der Waals surface area contributed by atoms with Crippen LogP contribution in [0.1, 0.15) is 43.6 Å². The maximum absolute atomic E-state index is 5.41. The smallest absolute Gasteiger partial charge is 0.244 e. The lowest BCUT2D eigenvalue weighted by Crippen LogP contribution is -1.95. The van der Waals surface area contributed by atoms with Gasteiger partial charge in [0.05, 0.1) is 0 Å². The molecule has 0 bridgehead atoms. The SMILES string of the molecule is CO[C@@H](C)c1nnc(C2CC2)o1. The fourth-order valence-corrected chi connectivity index (χ4v) is 1.01. The highest BCUT2D eigenvalue weighted by Crippen LogP contribution is 2.39. The largest absolute Gasteiger partial charge is 0.422 e. The van der Waals surface area contributed by atoms with Crippen molar-refractivity contribution in [3.63, 3.8) is 0 Å². The Kier molecular flexibility index (Phi) is 1.84. The summed E-state index contributed by atoms with van der Waals surface area (Å²) in [7, 11) is 1.63. The summed E-state index contributed by atoms with van der Waals surface area (Å²) < 4.78 is 10.5. The lowest BCUT2D eigenvalue weighted by molar-refractivity contribution is 0.0936. The van der Waals surface area contributed by atoms with E-state index in [0.29, 0.717) is 11.8 Å². The highest BCUT2D eigenvalue weighted by molar-refractivity contribution is 5.00.